The number of nitrogens with zero attached hydrogens (tertiary/aromatic N) is 1. The molecular formula is C14H23N3O. The number of amides is 1. The zero-order chi connectivity index (χ0) is 13.0. The van der Waals surface area contributed by atoms with E-state index in [4.69, 9.17) is 6.42 Å². The van der Waals surface area contributed by atoms with E-state index in [-0.39, 0.29) is 11.9 Å². The van der Waals surface area contributed by atoms with Crippen LogP contribution in [-0.2, 0) is 4.79 Å². The molecule has 4 heteroatoms. The predicted octanol–water partition coefficient (Wildman–Crippen LogP) is 0.341. The summed E-state index contributed by atoms with van der Waals surface area (Å²) in [6.45, 7) is 4.40. The van der Waals surface area contributed by atoms with Crippen molar-refractivity contribution in [2.45, 2.75) is 50.7 Å². The normalized spacial score (nSPS) is 24.8. The van der Waals surface area contributed by atoms with Gasteiger partial charge in [0.15, 0.2) is 0 Å². The summed E-state index contributed by atoms with van der Waals surface area (Å²) >= 11 is 0. The molecule has 2 unspecified atom stereocenters. The average Bonchev–Trinajstić information content (AvgIpc) is 3.09. The lowest BCUT2D eigenvalue weighted by molar-refractivity contribution is -0.126. The molecule has 0 aromatic carbocycles. The van der Waals surface area contributed by atoms with Crippen molar-refractivity contribution in [3.8, 4) is 12.3 Å². The Labute approximate surface area is 109 Å². The summed E-state index contributed by atoms with van der Waals surface area (Å²) in [7, 11) is 0. The molecule has 4 nitrogen and oxygen atoms in total. The number of rotatable bonds is 6. The van der Waals surface area contributed by atoms with Crippen LogP contribution in [0.4, 0.5) is 0 Å². The third kappa shape index (κ3) is 3.47. The van der Waals surface area contributed by atoms with Crippen LogP contribution in [0, 0.1) is 12.3 Å². The van der Waals surface area contributed by atoms with Gasteiger partial charge >= 0.3 is 0 Å². The summed E-state index contributed by atoms with van der Waals surface area (Å²) in [5.41, 5.74) is 0. The molecule has 1 saturated heterocycles. The summed E-state index contributed by atoms with van der Waals surface area (Å²) in [4.78, 5) is 14.3. The molecule has 2 aliphatic rings. The zero-order valence-corrected chi connectivity index (χ0v) is 11.1. The molecule has 0 spiro atoms. The van der Waals surface area contributed by atoms with Gasteiger partial charge in [-0.15, -0.1) is 6.42 Å². The van der Waals surface area contributed by atoms with Crippen molar-refractivity contribution in [1.82, 2.24) is 15.5 Å². The molecule has 2 rings (SSSR count). The highest BCUT2D eigenvalue weighted by molar-refractivity contribution is 5.81. The molecule has 1 heterocycles. The van der Waals surface area contributed by atoms with Gasteiger partial charge in [0.1, 0.15) is 0 Å². The molecule has 0 bridgehead atoms. The van der Waals surface area contributed by atoms with Crippen molar-refractivity contribution in [1.29, 1.82) is 0 Å². The number of carbonyl (C=O) groups excluding carboxylic acids is 1. The van der Waals surface area contributed by atoms with E-state index in [1.165, 1.54) is 25.7 Å². The van der Waals surface area contributed by atoms with E-state index < -0.39 is 0 Å². The van der Waals surface area contributed by atoms with Crippen LogP contribution in [0.1, 0.15) is 32.6 Å². The SMILES string of the molecule is C#CCNC(=O)C(C)N(CC1CCCN1)C1CC1. The Morgan fingerprint density at radius 2 is 2.33 bits per heavy atom. The number of nitrogens with one attached hydrogen (secondary N) is 2. The number of hydrogen-bond donors (Lipinski definition) is 2. The molecule has 0 radical (unpaired) electrons. The molecule has 100 valence electrons. The van der Waals surface area contributed by atoms with Crippen LogP contribution in [0.3, 0.4) is 0 Å². The van der Waals surface area contributed by atoms with Crippen LogP contribution in [0.5, 0.6) is 0 Å². The summed E-state index contributed by atoms with van der Waals surface area (Å²) in [5, 5.41) is 6.28. The van der Waals surface area contributed by atoms with E-state index in [0.29, 0.717) is 18.6 Å². The summed E-state index contributed by atoms with van der Waals surface area (Å²) in [6.07, 6.45) is 10.1. The second-order valence-corrected chi connectivity index (χ2v) is 5.32. The van der Waals surface area contributed by atoms with E-state index in [1.807, 2.05) is 6.92 Å². The fourth-order valence-corrected chi connectivity index (χ4v) is 2.63. The Kier molecular flexibility index (Phi) is 4.62. The van der Waals surface area contributed by atoms with Crippen LogP contribution >= 0.6 is 0 Å². The molecule has 1 aliphatic heterocycles. The lowest BCUT2D eigenvalue weighted by Crippen LogP contribution is -2.50. The van der Waals surface area contributed by atoms with Gasteiger partial charge in [0.25, 0.3) is 0 Å². The Hall–Kier alpha value is -1.05. The van der Waals surface area contributed by atoms with Crippen LogP contribution in [0.2, 0.25) is 0 Å². The number of terminal acetylenes is 1. The minimum absolute atomic E-state index is 0.0536. The summed E-state index contributed by atoms with van der Waals surface area (Å²) in [6, 6.07) is 1.07. The van der Waals surface area contributed by atoms with Crippen molar-refractivity contribution < 1.29 is 4.79 Å². The maximum Gasteiger partial charge on any atom is 0.237 e. The third-order valence-corrected chi connectivity index (χ3v) is 3.85. The molecule has 2 fully saturated rings. The lowest BCUT2D eigenvalue weighted by atomic mass is 10.1. The monoisotopic (exact) mass is 249 g/mol. The van der Waals surface area contributed by atoms with E-state index in [0.717, 1.165) is 13.1 Å². The predicted molar refractivity (Wildman–Crippen MR) is 72.1 cm³/mol. The van der Waals surface area contributed by atoms with Crippen LogP contribution in [-0.4, -0.2) is 48.6 Å². The van der Waals surface area contributed by atoms with Crippen LogP contribution in [0.25, 0.3) is 0 Å². The smallest absolute Gasteiger partial charge is 0.237 e. The minimum atomic E-state index is -0.0757. The minimum Gasteiger partial charge on any atom is -0.344 e. The van der Waals surface area contributed by atoms with Gasteiger partial charge < -0.3 is 10.6 Å². The van der Waals surface area contributed by atoms with Gasteiger partial charge in [-0.1, -0.05) is 5.92 Å². The first kappa shape index (κ1) is 13.4. The van der Waals surface area contributed by atoms with Gasteiger partial charge in [-0.25, -0.2) is 0 Å². The Bertz CT molecular complexity index is 326. The molecule has 0 aromatic heterocycles. The standard InChI is InChI=1S/C14H23N3O/c1-3-8-16-14(18)11(2)17(13-6-7-13)10-12-5-4-9-15-12/h1,11-13,15H,4-10H2,2H3,(H,16,18). The first-order valence-electron chi connectivity index (χ1n) is 6.92. The lowest BCUT2D eigenvalue weighted by Gasteiger charge is -2.30. The van der Waals surface area contributed by atoms with Gasteiger partial charge in [0.2, 0.25) is 5.91 Å². The molecular weight excluding hydrogens is 226 g/mol. The van der Waals surface area contributed by atoms with Crippen molar-refractivity contribution in [3.05, 3.63) is 0 Å². The van der Waals surface area contributed by atoms with E-state index in [9.17, 15) is 4.79 Å². The van der Waals surface area contributed by atoms with Crippen molar-refractivity contribution in [2.24, 2.45) is 0 Å². The first-order chi connectivity index (χ1) is 8.72. The van der Waals surface area contributed by atoms with Gasteiger partial charge in [-0.2, -0.15) is 0 Å². The molecule has 1 amide bonds. The average molecular weight is 249 g/mol. The Morgan fingerprint density at radius 3 is 2.89 bits per heavy atom. The van der Waals surface area contributed by atoms with Gasteiger partial charge in [-0.3, -0.25) is 9.69 Å². The first-order valence-corrected chi connectivity index (χ1v) is 6.92. The van der Waals surface area contributed by atoms with Crippen LogP contribution < -0.4 is 10.6 Å². The van der Waals surface area contributed by atoms with Crippen LogP contribution in [0.15, 0.2) is 0 Å². The maximum absolute atomic E-state index is 12.0. The van der Waals surface area contributed by atoms with E-state index >= 15 is 0 Å². The highest BCUT2D eigenvalue weighted by atomic mass is 16.2. The van der Waals surface area contributed by atoms with Crippen molar-refractivity contribution in [2.75, 3.05) is 19.6 Å². The summed E-state index contributed by atoms with van der Waals surface area (Å²) < 4.78 is 0. The zero-order valence-electron chi connectivity index (χ0n) is 11.1. The number of hydrogen-bond acceptors (Lipinski definition) is 3. The van der Waals surface area contributed by atoms with Crippen molar-refractivity contribution in [3.63, 3.8) is 0 Å². The fraction of sp³-hybridized carbons (Fsp3) is 0.786. The summed E-state index contributed by atoms with van der Waals surface area (Å²) in [5.74, 6) is 2.50. The molecule has 0 aromatic rings. The topological polar surface area (TPSA) is 44.4 Å². The van der Waals surface area contributed by atoms with E-state index in [2.05, 4.69) is 21.5 Å². The van der Waals surface area contributed by atoms with Gasteiger partial charge in [0.05, 0.1) is 12.6 Å². The highest BCUT2D eigenvalue weighted by Crippen LogP contribution is 2.29. The maximum atomic E-state index is 12.0. The van der Waals surface area contributed by atoms with Gasteiger partial charge in [-0.05, 0) is 39.2 Å². The Morgan fingerprint density at radius 1 is 1.56 bits per heavy atom. The molecule has 2 N–H and O–H groups in total. The second kappa shape index (κ2) is 6.21. The fourth-order valence-electron chi connectivity index (χ4n) is 2.63. The molecule has 1 aliphatic carbocycles. The van der Waals surface area contributed by atoms with Crippen molar-refractivity contribution >= 4 is 5.91 Å². The Balaban J connectivity index is 1.87. The highest BCUT2D eigenvalue weighted by Gasteiger charge is 2.36. The van der Waals surface area contributed by atoms with E-state index in [1.54, 1.807) is 0 Å². The molecule has 2 atom stereocenters. The van der Waals surface area contributed by atoms with Gasteiger partial charge in [0, 0.05) is 18.6 Å². The molecule has 1 saturated carbocycles. The molecule has 18 heavy (non-hydrogen) atoms. The quantitative estimate of drug-likeness (QED) is 0.667. The second-order valence-electron chi connectivity index (χ2n) is 5.32. The number of carbonyl (C=O) groups is 1. The third-order valence-electron chi connectivity index (χ3n) is 3.85. The largest absolute Gasteiger partial charge is 0.344 e.